The van der Waals surface area contributed by atoms with Gasteiger partial charge in [-0.15, -0.1) is 0 Å². The SMILES string of the molecule is CCN1CCN(C(=O)CCC2CCOCC2)CC1. The highest BCUT2D eigenvalue weighted by atomic mass is 16.5. The quantitative estimate of drug-likeness (QED) is 0.759. The van der Waals surface area contributed by atoms with Gasteiger partial charge in [0.25, 0.3) is 0 Å². The lowest BCUT2D eigenvalue weighted by Gasteiger charge is -2.34. The van der Waals surface area contributed by atoms with Gasteiger partial charge >= 0.3 is 0 Å². The van der Waals surface area contributed by atoms with E-state index in [2.05, 4.69) is 11.8 Å². The van der Waals surface area contributed by atoms with Crippen molar-refractivity contribution in [2.45, 2.75) is 32.6 Å². The molecule has 2 aliphatic rings. The number of carbonyl (C=O) groups is 1. The van der Waals surface area contributed by atoms with Crippen LogP contribution in [0.15, 0.2) is 0 Å². The van der Waals surface area contributed by atoms with Gasteiger partial charge in [-0.3, -0.25) is 4.79 Å². The largest absolute Gasteiger partial charge is 0.381 e. The minimum atomic E-state index is 0.359. The molecule has 0 spiro atoms. The van der Waals surface area contributed by atoms with Crippen LogP contribution in [0.4, 0.5) is 0 Å². The zero-order valence-electron chi connectivity index (χ0n) is 11.6. The molecule has 4 nitrogen and oxygen atoms in total. The van der Waals surface area contributed by atoms with Crippen molar-refractivity contribution in [3.05, 3.63) is 0 Å². The van der Waals surface area contributed by atoms with Gasteiger partial charge in [-0.1, -0.05) is 6.92 Å². The minimum absolute atomic E-state index is 0.359. The van der Waals surface area contributed by atoms with Crippen molar-refractivity contribution in [2.75, 3.05) is 45.9 Å². The van der Waals surface area contributed by atoms with Crippen LogP contribution in [0.1, 0.15) is 32.6 Å². The van der Waals surface area contributed by atoms with Gasteiger partial charge in [0, 0.05) is 45.8 Å². The number of carbonyl (C=O) groups excluding carboxylic acids is 1. The van der Waals surface area contributed by atoms with Gasteiger partial charge in [-0.25, -0.2) is 0 Å². The molecule has 2 heterocycles. The lowest BCUT2D eigenvalue weighted by Crippen LogP contribution is -2.48. The second-order valence-electron chi connectivity index (χ2n) is 5.41. The highest BCUT2D eigenvalue weighted by Gasteiger charge is 2.21. The predicted octanol–water partition coefficient (Wildman–Crippen LogP) is 1.36. The summed E-state index contributed by atoms with van der Waals surface area (Å²) in [6, 6.07) is 0. The summed E-state index contributed by atoms with van der Waals surface area (Å²) in [5.41, 5.74) is 0. The Morgan fingerprint density at radius 2 is 1.83 bits per heavy atom. The fraction of sp³-hybridized carbons (Fsp3) is 0.929. The number of hydrogen-bond acceptors (Lipinski definition) is 3. The van der Waals surface area contributed by atoms with Gasteiger partial charge in [0.15, 0.2) is 0 Å². The van der Waals surface area contributed by atoms with Crippen LogP contribution in [0.5, 0.6) is 0 Å². The van der Waals surface area contributed by atoms with Crippen LogP contribution in [0.3, 0.4) is 0 Å². The molecule has 0 aromatic heterocycles. The molecule has 18 heavy (non-hydrogen) atoms. The standard InChI is InChI=1S/C14H26N2O2/c1-2-15-7-9-16(10-8-15)14(17)4-3-13-5-11-18-12-6-13/h13H,2-12H2,1H3. The molecule has 104 valence electrons. The van der Waals surface area contributed by atoms with Crippen molar-refractivity contribution >= 4 is 5.91 Å². The van der Waals surface area contributed by atoms with Crippen molar-refractivity contribution in [3.63, 3.8) is 0 Å². The van der Waals surface area contributed by atoms with Crippen molar-refractivity contribution < 1.29 is 9.53 Å². The Hall–Kier alpha value is -0.610. The summed E-state index contributed by atoms with van der Waals surface area (Å²) in [6.45, 7) is 8.97. The number of amides is 1. The Kier molecular flexibility index (Phi) is 5.45. The Labute approximate surface area is 110 Å². The summed E-state index contributed by atoms with van der Waals surface area (Å²) in [4.78, 5) is 16.6. The lowest BCUT2D eigenvalue weighted by atomic mass is 9.94. The Balaban J connectivity index is 1.65. The zero-order chi connectivity index (χ0) is 12.8. The molecular formula is C14H26N2O2. The van der Waals surface area contributed by atoms with E-state index in [0.717, 1.165) is 71.6 Å². The highest BCUT2D eigenvalue weighted by molar-refractivity contribution is 5.76. The second kappa shape index (κ2) is 7.10. The molecule has 2 aliphatic heterocycles. The molecule has 1 amide bonds. The molecule has 0 bridgehead atoms. The summed E-state index contributed by atoms with van der Waals surface area (Å²) in [5.74, 6) is 1.07. The molecule has 0 atom stereocenters. The third-order valence-corrected chi connectivity index (χ3v) is 4.28. The zero-order valence-corrected chi connectivity index (χ0v) is 11.6. The number of rotatable bonds is 4. The van der Waals surface area contributed by atoms with Gasteiger partial charge < -0.3 is 14.5 Å². The fourth-order valence-corrected chi connectivity index (χ4v) is 2.83. The number of piperazine rings is 1. The van der Waals surface area contributed by atoms with E-state index in [4.69, 9.17) is 4.74 Å². The molecule has 0 aromatic rings. The van der Waals surface area contributed by atoms with Gasteiger partial charge in [0.2, 0.25) is 5.91 Å². The maximum absolute atomic E-state index is 12.1. The average molecular weight is 254 g/mol. The second-order valence-corrected chi connectivity index (χ2v) is 5.41. The van der Waals surface area contributed by atoms with Crippen LogP contribution in [0.25, 0.3) is 0 Å². The topological polar surface area (TPSA) is 32.8 Å². The molecule has 2 saturated heterocycles. The minimum Gasteiger partial charge on any atom is -0.381 e. The van der Waals surface area contributed by atoms with Crippen LogP contribution >= 0.6 is 0 Å². The predicted molar refractivity (Wildman–Crippen MR) is 71.5 cm³/mol. The first-order valence-corrected chi connectivity index (χ1v) is 7.37. The lowest BCUT2D eigenvalue weighted by molar-refractivity contribution is -0.133. The number of nitrogens with zero attached hydrogens (tertiary/aromatic N) is 2. The van der Waals surface area contributed by atoms with Crippen molar-refractivity contribution in [3.8, 4) is 0 Å². The summed E-state index contributed by atoms with van der Waals surface area (Å²) in [7, 11) is 0. The molecule has 4 heteroatoms. The Morgan fingerprint density at radius 1 is 1.17 bits per heavy atom. The molecule has 0 unspecified atom stereocenters. The molecule has 2 rings (SSSR count). The molecule has 0 aliphatic carbocycles. The fourth-order valence-electron chi connectivity index (χ4n) is 2.83. The van der Waals surface area contributed by atoms with Crippen molar-refractivity contribution in [1.29, 1.82) is 0 Å². The highest BCUT2D eigenvalue weighted by Crippen LogP contribution is 2.20. The molecule has 2 fully saturated rings. The molecular weight excluding hydrogens is 228 g/mol. The molecule has 0 radical (unpaired) electrons. The van der Waals surface area contributed by atoms with Gasteiger partial charge in [0.1, 0.15) is 0 Å². The summed E-state index contributed by atoms with van der Waals surface area (Å²) in [6.07, 6.45) is 4.06. The van der Waals surface area contributed by atoms with E-state index in [0.29, 0.717) is 11.8 Å². The van der Waals surface area contributed by atoms with Crippen LogP contribution in [0, 0.1) is 5.92 Å². The Bertz CT molecular complexity index is 257. The maximum Gasteiger partial charge on any atom is 0.222 e. The van der Waals surface area contributed by atoms with Crippen LogP contribution < -0.4 is 0 Å². The Morgan fingerprint density at radius 3 is 2.44 bits per heavy atom. The molecule has 0 N–H and O–H groups in total. The third kappa shape index (κ3) is 3.95. The van der Waals surface area contributed by atoms with E-state index in [1.54, 1.807) is 0 Å². The van der Waals surface area contributed by atoms with E-state index < -0.39 is 0 Å². The molecule has 0 aromatic carbocycles. The maximum atomic E-state index is 12.1. The number of ether oxygens (including phenoxy) is 1. The smallest absolute Gasteiger partial charge is 0.222 e. The van der Waals surface area contributed by atoms with Crippen LogP contribution in [-0.2, 0) is 9.53 Å². The van der Waals surface area contributed by atoms with Gasteiger partial charge in [-0.05, 0) is 31.7 Å². The first kappa shape index (κ1) is 13.8. The number of likely N-dealkylation sites (N-methyl/N-ethyl adjacent to an activating group) is 1. The van der Waals surface area contributed by atoms with E-state index in [1.807, 2.05) is 4.90 Å². The normalized spacial score (nSPS) is 23.3. The van der Waals surface area contributed by atoms with Crippen molar-refractivity contribution in [1.82, 2.24) is 9.80 Å². The monoisotopic (exact) mass is 254 g/mol. The van der Waals surface area contributed by atoms with Crippen LogP contribution in [0.2, 0.25) is 0 Å². The van der Waals surface area contributed by atoms with E-state index in [-0.39, 0.29) is 0 Å². The summed E-state index contributed by atoms with van der Waals surface area (Å²) >= 11 is 0. The summed E-state index contributed by atoms with van der Waals surface area (Å²) in [5, 5.41) is 0. The van der Waals surface area contributed by atoms with E-state index in [9.17, 15) is 4.79 Å². The van der Waals surface area contributed by atoms with E-state index >= 15 is 0 Å². The van der Waals surface area contributed by atoms with Gasteiger partial charge in [0.05, 0.1) is 0 Å². The average Bonchev–Trinajstić information content (AvgIpc) is 2.46. The van der Waals surface area contributed by atoms with Gasteiger partial charge in [-0.2, -0.15) is 0 Å². The third-order valence-electron chi connectivity index (χ3n) is 4.28. The summed E-state index contributed by atoms with van der Waals surface area (Å²) < 4.78 is 5.35. The van der Waals surface area contributed by atoms with E-state index in [1.165, 1.54) is 0 Å². The number of hydrogen-bond donors (Lipinski definition) is 0. The van der Waals surface area contributed by atoms with Crippen molar-refractivity contribution in [2.24, 2.45) is 5.92 Å². The first-order valence-electron chi connectivity index (χ1n) is 7.37. The first-order chi connectivity index (χ1) is 8.79. The molecule has 0 saturated carbocycles. The van der Waals surface area contributed by atoms with Crippen LogP contribution in [-0.4, -0.2) is 61.6 Å².